The molecule has 90 valence electrons. The van der Waals surface area contributed by atoms with Crippen molar-refractivity contribution >= 4 is 17.0 Å². The summed E-state index contributed by atoms with van der Waals surface area (Å²) in [6, 6.07) is 5.64. The van der Waals surface area contributed by atoms with Gasteiger partial charge in [0.15, 0.2) is 0 Å². The highest BCUT2D eigenvalue weighted by Crippen LogP contribution is 2.31. The van der Waals surface area contributed by atoms with E-state index < -0.39 is 0 Å². The summed E-state index contributed by atoms with van der Waals surface area (Å²) >= 11 is 1.47. The van der Waals surface area contributed by atoms with Crippen LogP contribution in [0, 0.1) is 6.92 Å². The molecular formula is C12H10N4OS. The molecule has 0 unspecified atom stereocenters. The summed E-state index contributed by atoms with van der Waals surface area (Å²) in [5.41, 5.74) is 8.19. The highest BCUT2D eigenvalue weighted by atomic mass is 32.1. The van der Waals surface area contributed by atoms with Gasteiger partial charge in [-0.15, -0.1) is 11.3 Å². The van der Waals surface area contributed by atoms with Gasteiger partial charge < -0.3 is 10.3 Å². The minimum Gasteiger partial charge on any atom is -0.397 e. The SMILES string of the molecule is Cc1cccnc1-c1noc(-c2sccc2N)n1. The predicted octanol–water partition coefficient (Wildman–Crippen LogP) is 2.75. The van der Waals surface area contributed by atoms with Crippen LogP contribution in [0.3, 0.4) is 0 Å². The van der Waals surface area contributed by atoms with Crippen LogP contribution in [0.5, 0.6) is 0 Å². The lowest BCUT2D eigenvalue weighted by Crippen LogP contribution is -1.89. The maximum absolute atomic E-state index is 5.82. The van der Waals surface area contributed by atoms with Crippen LogP contribution in [0.15, 0.2) is 34.3 Å². The van der Waals surface area contributed by atoms with Crippen molar-refractivity contribution in [3.05, 3.63) is 35.3 Å². The highest BCUT2D eigenvalue weighted by Gasteiger charge is 2.15. The summed E-state index contributed by atoms with van der Waals surface area (Å²) in [5, 5.41) is 5.84. The maximum atomic E-state index is 5.82. The van der Waals surface area contributed by atoms with E-state index in [0.29, 0.717) is 17.4 Å². The molecule has 0 bridgehead atoms. The van der Waals surface area contributed by atoms with Gasteiger partial charge in [-0.05, 0) is 30.0 Å². The van der Waals surface area contributed by atoms with Crippen LogP contribution < -0.4 is 5.73 Å². The van der Waals surface area contributed by atoms with Gasteiger partial charge in [-0.3, -0.25) is 4.98 Å². The number of pyridine rings is 1. The van der Waals surface area contributed by atoms with Gasteiger partial charge in [0, 0.05) is 6.20 Å². The number of anilines is 1. The van der Waals surface area contributed by atoms with Gasteiger partial charge in [-0.1, -0.05) is 11.2 Å². The molecule has 0 aliphatic heterocycles. The molecule has 0 amide bonds. The number of aryl methyl sites for hydroxylation is 1. The highest BCUT2D eigenvalue weighted by molar-refractivity contribution is 7.14. The van der Waals surface area contributed by atoms with Crippen LogP contribution in [0.25, 0.3) is 22.3 Å². The third-order valence-electron chi connectivity index (χ3n) is 2.54. The third kappa shape index (κ3) is 1.76. The van der Waals surface area contributed by atoms with Gasteiger partial charge >= 0.3 is 0 Å². The first-order valence-corrected chi connectivity index (χ1v) is 6.22. The van der Waals surface area contributed by atoms with E-state index in [0.717, 1.165) is 16.1 Å². The van der Waals surface area contributed by atoms with Crippen molar-refractivity contribution in [3.8, 4) is 22.3 Å². The van der Waals surface area contributed by atoms with Gasteiger partial charge in [-0.25, -0.2) is 0 Å². The van der Waals surface area contributed by atoms with Crippen molar-refractivity contribution in [3.63, 3.8) is 0 Å². The Morgan fingerprint density at radius 2 is 2.22 bits per heavy atom. The number of aromatic nitrogens is 3. The molecule has 2 N–H and O–H groups in total. The van der Waals surface area contributed by atoms with Crippen molar-refractivity contribution < 1.29 is 4.52 Å². The van der Waals surface area contributed by atoms with E-state index in [1.54, 1.807) is 6.20 Å². The van der Waals surface area contributed by atoms with E-state index in [2.05, 4.69) is 15.1 Å². The maximum Gasteiger partial charge on any atom is 0.270 e. The molecule has 0 atom stereocenters. The molecule has 6 heteroatoms. The molecule has 3 heterocycles. The molecule has 3 aromatic rings. The van der Waals surface area contributed by atoms with Crippen molar-refractivity contribution in [2.75, 3.05) is 5.73 Å². The number of thiophene rings is 1. The van der Waals surface area contributed by atoms with Crippen LogP contribution in [0.4, 0.5) is 5.69 Å². The molecule has 0 aliphatic carbocycles. The summed E-state index contributed by atoms with van der Waals surface area (Å²) in [6.45, 7) is 1.96. The standard InChI is InChI=1S/C12H10N4OS/c1-7-3-2-5-14-9(7)11-15-12(17-16-11)10-8(13)4-6-18-10/h2-6H,13H2,1H3. The molecule has 0 radical (unpaired) electrons. The van der Waals surface area contributed by atoms with Crippen LogP contribution in [-0.2, 0) is 0 Å². The molecule has 0 spiro atoms. The first-order valence-electron chi connectivity index (χ1n) is 5.35. The lowest BCUT2D eigenvalue weighted by Gasteiger charge is -1.96. The summed E-state index contributed by atoms with van der Waals surface area (Å²) in [5.74, 6) is 0.915. The van der Waals surface area contributed by atoms with Gasteiger partial charge in [0.2, 0.25) is 5.82 Å². The number of hydrogen-bond acceptors (Lipinski definition) is 6. The normalized spacial score (nSPS) is 10.7. The summed E-state index contributed by atoms with van der Waals surface area (Å²) in [7, 11) is 0. The van der Waals surface area contributed by atoms with E-state index in [4.69, 9.17) is 10.3 Å². The van der Waals surface area contributed by atoms with E-state index in [1.807, 2.05) is 30.5 Å². The summed E-state index contributed by atoms with van der Waals surface area (Å²) in [4.78, 5) is 9.38. The Labute approximate surface area is 107 Å². The zero-order valence-electron chi connectivity index (χ0n) is 9.62. The smallest absolute Gasteiger partial charge is 0.270 e. The second kappa shape index (κ2) is 4.23. The fourth-order valence-corrected chi connectivity index (χ4v) is 2.36. The summed E-state index contributed by atoms with van der Waals surface area (Å²) in [6.07, 6.45) is 1.71. The van der Waals surface area contributed by atoms with Gasteiger partial charge in [0.1, 0.15) is 10.6 Å². The Hall–Kier alpha value is -2.21. The van der Waals surface area contributed by atoms with Crippen LogP contribution in [0.1, 0.15) is 5.56 Å². The van der Waals surface area contributed by atoms with Crippen LogP contribution in [-0.4, -0.2) is 15.1 Å². The largest absolute Gasteiger partial charge is 0.397 e. The van der Waals surface area contributed by atoms with E-state index >= 15 is 0 Å². The summed E-state index contributed by atoms with van der Waals surface area (Å²) < 4.78 is 5.23. The third-order valence-corrected chi connectivity index (χ3v) is 3.46. The lowest BCUT2D eigenvalue weighted by molar-refractivity contribution is 0.433. The molecular weight excluding hydrogens is 248 g/mol. The minimum absolute atomic E-state index is 0.433. The number of nitrogen functional groups attached to an aromatic ring is 1. The van der Waals surface area contributed by atoms with Crippen molar-refractivity contribution in [2.24, 2.45) is 0 Å². The van der Waals surface area contributed by atoms with E-state index in [1.165, 1.54) is 11.3 Å². The first-order chi connectivity index (χ1) is 8.75. The number of hydrogen-bond donors (Lipinski definition) is 1. The Kier molecular flexibility index (Phi) is 2.56. The lowest BCUT2D eigenvalue weighted by atomic mass is 10.2. The molecule has 0 fully saturated rings. The molecule has 0 aliphatic rings. The Morgan fingerprint density at radius 3 is 2.94 bits per heavy atom. The molecule has 0 saturated carbocycles. The number of nitrogens with zero attached hydrogens (tertiary/aromatic N) is 3. The Balaban J connectivity index is 2.05. The molecule has 5 nitrogen and oxygen atoms in total. The average molecular weight is 258 g/mol. The average Bonchev–Trinajstić information content (AvgIpc) is 2.98. The number of rotatable bonds is 2. The van der Waals surface area contributed by atoms with Crippen molar-refractivity contribution in [2.45, 2.75) is 6.92 Å². The number of nitrogens with two attached hydrogens (primary N) is 1. The molecule has 0 saturated heterocycles. The van der Waals surface area contributed by atoms with Crippen LogP contribution >= 0.6 is 11.3 Å². The van der Waals surface area contributed by atoms with E-state index in [9.17, 15) is 0 Å². The molecule has 18 heavy (non-hydrogen) atoms. The first kappa shape index (κ1) is 10.9. The van der Waals surface area contributed by atoms with Gasteiger partial charge in [0.05, 0.1) is 5.69 Å². The zero-order valence-corrected chi connectivity index (χ0v) is 10.4. The van der Waals surface area contributed by atoms with Gasteiger partial charge in [-0.2, -0.15) is 4.98 Å². The van der Waals surface area contributed by atoms with Gasteiger partial charge in [0.25, 0.3) is 5.89 Å². The monoisotopic (exact) mass is 258 g/mol. The topological polar surface area (TPSA) is 77.8 Å². The Bertz CT molecular complexity index is 689. The molecule has 0 aromatic carbocycles. The van der Waals surface area contributed by atoms with Crippen molar-refractivity contribution in [1.82, 2.24) is 15.1 Å². The zero-order chi connectivity index (χ0) is 12.5. The Morgan fingerprint density at radius 1 is 1.33 bits per heavy atom. The second-order valence-corrected chi connectivity index (χ2v) is 4.71. The van der Waals surface area contributed by atoms with Crippen LogP contribution in [0.2, 0.25) is 0 Å². The molecule has 3 rings (SSSR count). The minimum atomic E-state index is 0.433. The molecule has 3 aromatic heterocycles. The predicted molar refractivity (Wildman–Crippen MR) is 70.0 cm³/mol. The quantitative estimate of drug-likeness (QED) is 0.764. The fraction of sp³-hybridized carbons (Fsp3) is 0.0833. The van der Waals surface area contributed by atoms with E-state index in [-0.39, 0.29) is 0 Å². The fourth-order valence-electron chi connectivity index (χ4n) is 1.62. The second-order valence-electron chi connectivity index (χ2n) is 3.80. The van der Waals surface area contributed by atoms with Crippen molar-refractivity contribution in [1.29, 1.82) is 0 Å².